The lowest BCUT2D eigenvalue weighted by Crippen LogP contribution is -2.38. The minimum Gasteiger partial charge on any atom is -0.430 e. The Morgan fingerprint density at radius 2 is 1.77 bits per heavy atom. The summed E-state index contributed by atoms with van der Waals surface area (Å²) < 4.78 is 23.1. The van der Waals surface area contributed by atoms with Crippen molar-refractivity contribution < 1.29 is 13.9 Å². The van der Waals surface area contributed by atoms with E-state index in [4.69, 9.17) is 4.74 Å². The molecule has 1 saturated heterocycles. The molecule has 156 valence electrons. The number of hydrogen-bond donors (Lipinski definition) is 0. The molecule has 0 bridgehead atoms. The number of benzene rings is 2. The van der Waals surface area contributed by atoms with E-state index < -0.39 is 0 Å². The molecule has 0 N–H and O–H groups in total. The zero-order valence-corrected chi connectivity index (χ0v) is 17.7. The minimum atomic E-state index is -0.260. The van der Waals surface area contributed by atoms with Crippen LogP contribution in [-0.4, -0.2) is 33.3 Å². The molecule has 5 nitrogen and oxygen atoms in total. The first-order valence-corrected chi connectivity index (χ1v) is 10.9. The number of carbonyl (C=O) groups is 1. The van der Waals surface area contributed by atoms with Gasteiger partial charge in [-0.15, -0.1) is 0 Å². The Labute approximate surface area is 179 Å². The normalized spacial score (nSPS) is 14.7. The molecule has 1 amide bonds. The SMILES string of the molecule is CC1CCN(C(=O)Cc2ccc(Oc3nc(Cc4ccc(F)cc4)ns3)cc2)CC1. The van der Waals surface area contributed by atoms with E-state index in [1.165, 1.54) is 23.7 Å². The van der Waals surface area contributed by atoms with E-state index in [9.17, 15) is 9.18 Å². The van der Waals surface area contributed by atoms with E-state index in [-0.39, 0.29) is 11.7 Å². The van der Waals surface area contributed by atoms with Crippen LogP contribution in [0.15, 0.2) is 48.5 Å². The van der Waals surface area contributed by atoms with Crippen LogP contribution in [0, 0.1) is 11.7 Å². The zero-order chi connectivity index (χ0) is 20.9. The number of rotatable bonds is 6. The highest BCUT2D eigenvalue weighted by Crippen LogP contribution is 2.25. The maximum absolute atomic E-state index is 13.0. The van der Waals surface area contributed by atoms with Crippen molar-refractivity contribution in [2.75, 3.05) is 13.1 Å². The maximum Gasteiger partial charge on any atom is 0.298 e. The highest BCUT2D eigenvalue weighted by atomic mass is 32.1. The van der Waals surface area contributed by atoms with E-state index in [1.54, 1.807) is 12.1 Å². The Balaban J connectivity index is 1.31. The van der Waals surface area contributed by atoms with Crippen LogP contribution >= 0.6 is 11.5 Å². The molecule has 1 aliphatic rings. The van der Waals surface area contributed by atoms with Gasteiger partial charge in [0.05, 0.1) is 6.42 Å². The second-order valence-electron chi connectivity index (χ2n) is 7.77. The zero-order valence-electron chi connectivity index (χ0n) is 16.9. The summed E-state index contributed by atoms with van der Waals surface area (Å²) in [5, 5.41) is 0.457. The summed E-state index contributed by atoms with van der Waals surface area (Å²) in [6, 6.07) is 13.8. The molecule has 0 spiro atoms. The molecule has 7 heteroatoms. The molecule has 3 aromatic rings. The van der Waals surface area contributed by atoms with E-state index in [2.05, 4.69) is 16.3 Å². The molecule has 0 unspecified atom stereocenters. The molecule has 4 rings (SSSR count). The van der Waals surface area contributed by atoms with Gasteiger partial charge in [0.1, 0.15) is 11.6 Å². The Kier molecular flexibility index (Phi) is 6.38. The van der Waals surface area contributed by atoms with Crippen molar-refractivity contribution in [3.63, 3.8) is 0 Å². The summed E-state index contributed by atoms with van der Waals surface area (Å²) in [5.41, 5.74) is 1.91. The highest BCUT2D eigenvalue weighted by molar-refractivity contribution is 7.07. The summed E-state index contributed by atoms with van der Waals surface area (Å²) in [6.07, 6.45) is 3.11. The number of carbonyl (C=O) groups excluding carboxylic acids is 1. The molecule has 1 aliphatic heterocycles. The third kappa shape index (κ3) is 5.42. The van der Waals surface area contributed by atoms with Crippen molar-refractivity contribution in [2.24, 2.45) is 5.92 Å². The van der Waals surface area contributed by atoms with Crippen molar-refractivity contribution in [2.45, 2.75) is 32.6 Å². The highest BCUT2D eigenvalue weighted by Gasteiger charge is 2.20. The first-order chi connectivity index (χ1) is 14.5. The van der Waals surface area contributed by atoms with E-state index in [1.807, 2.05) is 29.2 Å². The van der Waals surface area contributed by atoms with Gasteiger partial charge in [0, 0.05) is 31.0 Å². The summed E-state index contributed by atoms with van der Waals surface area (Å²) >= 11 is 1.18. The fourth-order valence-corrected chi connectivity index (χ4v) is 4.03. The maximum atomic E-state index is 13.0. The molecule has 0 radical (unpaired) electrons. The van der Waals surface area contributed by atoms with Crippen molar-refractivity contribution >= 4 is 17.4 Å². The number of halogens is 1. The van der Waals surface area contributed by atoms with Crippen molar-refractivity contribution in [1.82, 2.24) is 14.3 Å². The standard InChI is InChI=1S/C23H24FN3O2S/c1-16-10-12-27(13-11-16)22(28)15-18-4-8-20(9-5-18)29-23-25-21(26-30-23)14-17-2-6-19(24)7-3-17/h2-9,16H,10-15H2,1H3. The van der Waals surface area contributed by atoms with Gasteiger partial charge >= 0.3 is 0 Å². The summed E-state index contributed by atoms with van der Waals surface area (Å²) in [4.78, 5) is 18.8. The van der Waals surface area contributed by atoms with Gasteiger partial charge in [0.15, 0.2) is 5.82 Å². The number of ether oxygens (including phenoxy) is 1. The predicted molar refractivity (Wildman–Crippen MR) is 114 cm³/mol. The quantitative estimate of drug-likeness (QED) is 0.566. The Morgan fingerprint density at radius 3 is 2.47 bits per heavy atom. The van der Waals surface area contributed by atoms with E-state index in [0.29, 0.717) is 35.5 Å². The summed E-state index contributed by atoms with van der Waals surface area (Å²) in [7, 11) is 0. The van der Waals surface area contributed by atoms with Gasteiger partial charge < -0.3 is 9.64 Å². The van der Waals surface area contributed by atoms with Crippen molar-refractivity contribution in [1.29, 1.82) is 0 Å². The molecule has 0 atom stereocenters. The van der Waals surface area contributed by atoms with Crippen molar-refractivity contribution in [3.8, 4) is 10.9 Å². The monoisotopic (exact) mass is 425 g/mol. The van der Waals surface area contributed by atoms with Gasteiger partial charge in [-0.1, -0.05) is 31.2 Å². The van der Waals surface area contributed by atoms with Crippen LogP contribution in [0.1, 0.15) is 36.7 Å². The Bertz CT molecular complexity index is 980. The number of piperidine rings is 1. The minimum absolute atomic E-state index is 0.185. The smallest absolute Gasteiger partial charge is 0.298 e. The molecule has 2 heterocycles. The van der Waals surface area contributed by atoms with Gasteiger partial charge in [-0.2, -0.15) is 9.36 Å². The lowest BCUT2D eigenvalue weighted by atomic mass is 9.98. The van der Waals surface area contributed by atoms with Crippen LogP contribution in [0.3, 0.4) is 0 Å². The lowest BCUT2D eigenvalue weighted by Gasteiger charge is -2.30. The third-order valence-corrected chi connectivity index (χ3v) is 5.98. The predicted octanol–water partition coefficient (Wildman–Crippen LogP) is 4.86. The second kappa shape index (κ2) is 9.34. The van der Waals surface area contributed by atoms with E-state index >= 15 is 0 Å². The fraction of sp³-hybridized carbons (Fsp3) is 0.348. The number of amides is 1. The third-order valence-electron chi connectivity index (χ3n) is 5.35. The molecule has 1 aromatic heterocycles. The number of likely N-dealkylation sites (tertiary alicyclic amines) is 1. The Morgan fingerprint density at radius 1 is 1.10 bits per heavy atom. The number of nitrogens with zero attached hydrogens (tertiary/aromatic N) is 3. The fourth-order valence-electron chi connectivity index (χ4n) is 3.46. The van der Waals surface area contributed by atoms with Gasteiger partial charge in [0.25, 0.3) is 5.19 Å². The molecular formula is C23H24FN3O2S. The van der Waals surface area contributed by atoms with Gasteiger partial charge in [-0.3, -0.25) is 4.79 Å². The largest absolute Gasteiger partial charge is 0.430 e. The van der Waals surface area contributed by atoms with Crippen LogP contribution in [0.4, 0.5) is 4.39 Å². The molecular weight excluding hydrogens is 401 g/mol. The molecule has 0 saturated carbocycles. The summed E-state index contributed by atoms with van der Waals surface area (Å²) in [5.74, 6) is 1.93. The molecule has 1 fully saturated rings. The van der Waals surface area contributed by atoms with Crippen LogP contribution in [-0.2, 0) is 17.6 Å². The topological polar surface area (TPSA) is 55.3 Å². The number of aromatic nitrogens is 2. The van der Waals surface area contributed by atoms with E-state index in [0.717, 1.165) is 37.1 Å². The van der Waals surface area contributed by atoms with Crippen molar-refractivity contribution in [3.05, 3.63) is 71.3 Å². The van der Waals surface area contributed by atoms with Crippen LogP contribution in [0.5, 0.6) is 10.9 Å². The average molecular weight is 426 g/mol. The average Bonchev–Trinajstić information content (AvgIpc) is 3.18. The lowest BCUT2D eigenvalue weighted by molar-refractivity contribution is -0.131. The first kappa shape index (κ1) is 20.5. The molecule has 0 aliphatic carbocycles. The van der Waals surface area contributed by atoms with Crippen LogP contribution in [0.2, 0.25) is 0 Å². The first-order valence-electron chi connectivity index (χ1n) is 10.2. The number of hydrogen-bond acceptors (Lipinski definition) is 5. The van der Waals surface area contributed by atoms with Crippen LogP contribution < -0.4 is 4.74 Å². The summed E-state index contributed by atoms with van der Waals surface area (Å²) in [6.45, 7) is 3.96. The van der Waals surface area contributed by atoms with Crippen LogP contribution in [0.25, 0.3) is 0 Å². The molecule has 2 aromatic carbocycles. The second-order valence-corrected chi connectivity index (χ2v) is 8.48. The van der Waals surface area contributed by atoms with Gasteiger partial charge in [0.2, 0.25) is 5.91 Å². The molecule has 30 heavy (non-hydrogen) atoms. The van der Waals surface area contributed by atoms with Gasteiger partial charge in [-0.25, -0.2) is 4.39 Å². The Hall–Kier alpha value is -2.80. The van der Waals surface area contributed by atoms with Gasteiger partial charge in [-0.05, 0) is 54.2 Å².